The molecule has 3 aliphatic heterocycles. The van der Waals surface area contributed by atoms with E-state index < -0.39 is 6.09 Å². The standard InChI is InChI=1S/C15H17N3O3/c19-14-10-3-1-2-9-11-8-17(15(20)21)6-4-12(11)18(13(9)10)7-5-16-14/h1-3,11-12H,4-8H2,(H,16,19)(H,20,21)/t11-,12-/m1/s1. The number of nitrogens with one attached hydrogen (secondary N) is 1. The lowest BCUT2D eigenvalue weighted by Gasteiger charge is -2.37. The summed E-state index contributed by atoms with van der Waals surface area (Å²) in [5, 5.41) is 12.2. The second-order valence-electron chi connectivity index (χ2n) is 5.88. The quantitative estimate of drug-likeness (QED) is 0.749. The Kier molecular flexibility index (Phi) is 2.60. The summed E-state index contributed by atoms with van der Waals surface area (Å²) in [7, 11) is 0. The van der Waals surface area contributed by atoms with Crippen molar-refractivity contribution in [3.63, 3.8) is 0 Å². The summed E-state index contributed by atoms with van der Waals surface area (Å²) in [5.74, 6) is 0.152. The summed E-state index contributed by atoms with van der Waals surface area (Å²) in [6, 6.07) is 6.11. The SMILES string of the molecule is O=C1NCCN2c3c1cccc3[C@H]1CN(C(=O)O)CC[C@H]12. The van der Waals surface area contributed by atoms with Crippen molar-refractivity contribution >= 4 is 17.7 Å². The molecule has 4 rings (SSSR count). The number of nitrogens with zero attached hydrogens (tertiary/aromatic N) is 2. The molecule has 0 radical (unpaired) electrons. The third-order valence-corrected chi connectivity index (χ3v) is 4.88. The number of rotatable bonds is 0. The van der Waals surface area contributed by atoms with Crippen LogP contribution in [0.3, 0.4) is 0 Å². The molecule has 2 atom stereocenters. The van der Waals surface area contributed by atoms with Crippen molar-refractivity contribution in [3.05, 3.63) is 29.3 Å². The van der Waals surface area contributed by atoms with Gasteiger partial charge in [-0.2, -0.15) is 0 Å². The van der Waals surface area contributed by atoms with E-state index in [2.05, 4.69) is 10.2 Å². The summed E-state index contributed by atoms with van der Waals surface area (Å²) in [6.45, 7) is 2.52. The average Bonchev–Trinajstić information content (AvgIpc) is 2.70. The summed E-state index contributed by atoms with van der Waals surface area (Å²) in [4.78, 5) is 27.2. The first-order chi connectivity index (χ1) is 10.2. The fourth-order valence-corrected chi connectivity index (χ4v) is 3.98. The molecule has 3 heterocycles. The van der Waals surface area contributed by atoms with E-state index in [1.807, 2.05) is 18.2 Å². The van der Waals surface area contributed by atoms with Gasteiger partial charge in [0.25, 0.3) is 5.91 Å². The van der Waals surface area contributed by atoms with Crippen LogP contribution in [0.5, 0.6) is 0 Å². The van der Waals surface area contributed by atoms with Crippen LogP contribution < -0.4 is 10.2 Å². The lowest BCUT2D eigenvalue weighted by Crippen LogP contribution is -2.48. The Hall–Kier alpha value is -2.24. The first kappa shape index (κ1) is 12.5. The Morgan fingerprint density at radius 1 is 1.33 bits per heavy atom. The maximum absolute atomic E-state index is 12.2. The highest BCUT2D eigenvalue weighted by Crippen LogP contribution is 2.46. The second-order valence-corrected chi connectivity index (χ2v) is 5.88. The van der Waals surface area contributed by atoms with E-state index in [1.54, 1.807) is 0 Å². The Labute approximate surface area is 122 Å². The third-order valence-electron chi connectivity index (χ3n) is 4.88. The van der Waals surface area contributed by atoms with Crippen molar-refractivity contribution < 1.29 is 14.7 Å². The molecule has 0 aromatic heterocycles. The number of piperidine rings is 1. The largest absolute Gasteiger partial charge is 0.465 e. The number of carbonyl (C=O) groups is 2. The smallest absolute Gasteiger partial charge is 0.407 e. The highest BCUT2D eigenvalue weighted by Gasteiger charge is 2.44. The molecule has 0 bridgehead atoms. The monoisotopic (exact) mass is 287 g/mol. The zero-order chi connectivity index (χ0) is 14.6. The van der Waals surface area contributed by atoms with Crippen LogP contribution in [0.15, 0.2) is 18.2 Å². The number of hydrogen-bond acceptors (Lipinski definition) is 3. The molecule has 1 fully saturated rings. The van der Waals surface area contributed by atoms with Gasteiger partial charge in [-0.15, -0.1) is 0 Å². The van der Waals surface area contributed by atoms with Gasteiger partial charge in [-0.25, -0.2) is 4.79 Å². The van der Waals surface area contributed by atoms with Gasteiger partial charge >= 0.3 is 6.09 Å². The molecule has 6 nitrogen and oxygen atoms in total. The second kappa shape index (κ2) is 4.38. The molecule has 110 valence electrons. The topological polar surface area (TPSA) is 72.9 Å². The zero-order valence-electron chi connectivity index (χ0n) is 11.6. The van der Waals surface area contributed by atoms with E-state index in [-0.39, 0.29) is 11.8 Å². The molecule has 2 N–H and O–H groups in total. The summed E-state index contributed by atoms with van der Waals surface area (Å²) in [6.07, 6.45) is -0.0336. The predicted octanol–water partition coefficient (Wildman–Crippen LogP) is 1.09. The van der Waals surface area contributed by atoms with Crippen LogP contribution in [-0.2, 0) is 0 Å². The van der Waals surface area contributed by atoms with Crippen LogP contribution in [0, 0.1) is 0 Å². The Balaban J connectivity index is 1.80. The molecule has 0 saturated carbocycles. The maximum atomic E-state index is 12.2. The number of benzene rings is 1. The lowest BCUT2D eigenvalue weighted by atomic mass is 9.88. The zero-order valence-corrected chi connectivity index (χ0v) is 11.6. The minimum absolute atomic E-state index is 0.0249. The number of hydrogen-bond donors (Lipinski definition) is 2. The number of anilines is 1. The molecule has 2 amide bonds. The first-order valence-electron chi connectivity index (χ1n) is 7.32. The first-order valence-corrected chi connectivity index (χ1v) is 7.32. The van der Waals surface area contributed by atoms with Crippen LogP contribution in [0.4, 0.5) is 10.5 Å². The Morgan fingerprint density at radius 2 is 2.19 bits per heavy atom. The van der Waals surface area contributed by atoms with E-state index >= 15 is 0 Å². The molecule has 0 spiro atoms. The Bertz CT molecular complexity index is 631. The van der Waals surface area contributed by atoms with E-state index in [0.29, 0.717) is 25.7 Å². The van der Waals surface area contributed by atoms with E-state index in [9.17, 15) is 14.7 Å². The van der Waals surface area contributed by atoms with Crippen LogP contribution in [0.25, 0.3) is 0 Å². The number of carbonyl (C=O) groups excluding carboxylic acids is 1. The maximum Gasteiger partial charge on any atom is 0.407 e. The van der Waals surface area contributed by atoms with Gasteiger partial charge in [0.05, 0.1) is 11.3 Å². The number of para-hydroxylation sites is 1. The number of likely N-dealkylation sites (tertiary alicyclic amines) is 1. The minimum atomic E-state index is -0.852. The molecule has 3 aliphatic rings. The van der Waals surface area contributed by atoms with Crippen molar-refractivity contribution in [2.24, 2.45) is 0 Å². The molecule has 21 heavy (non-hydrogen) atoms. The Morgan fingerprint density at radius 3 is 3.00 bits per heavy atom. The van der Waals surface area contributed by atoms with Gasteiger partial charge in [-0.05, 0) is 18.1 Å². The van der Waals surface area contributed by atoms with Gasteiger partial charge in [0.1, 0.15) is 0 Å². The van der Waals surface area contributed by atoms with Crippen molar-refractivity contribution in [3.8, 4) is 0 Å². The van der Waals surface area contributed by atoms with Crippen molar-refractivity contribution in [2.45, 2.75) is 18.4 Å². The molecular formula is C15H17N3O3. The van der Waals surface area contributed by atoms with Crippen LogP contribution in [-0.4, -0.2) is 54.2 Å². The summed E-state index contributed by atoms with van der Waals surface area (Å²) >= 11 is 0. The number of amides is 2. The molecule has 1 saturated heterocycles. The molecule has 0 unspecified atom stereocenters. The molecule has 0 aliphatic carbocycles. The van der Waals surface area contributed by atoms with Crippen LogP contribution in [0.2, 0.25) is 0 Å². The van der Waals surface area contributed by atoms with Crippen molar-refractivity contribution in [2.75, 3.05) is 31.1 Å². The van der Waals surface area contributed by atoms with E-state index in [1.165, 1.54) is 4.90 Å². The van der Waals surface area contributed by atoms with Gasteiger partial charge in [0, 0.05) is 38.1 Å². The van der Waals surface area contributed by atoms with Crippen molar-refractivity contribution in [1.29, 1.82) is 0 Å². The van der Waals surface area contributed by atoms with Gasteiger partial charge in [0.15, 0.2) is 0 Å². The lowest BCUT2D eigenvalue weighted by molar-refractivity contribution is 0.0957. The molecule has 1 aromatic rings. The highest BCUT2D eigenvalue weighted by atomic mass is 16.4. The van der Waals surface area contributed by atoms with Crippen LogP contribution >= 0.6 is 0 Å². The predicted molar refractivity (Wildman–Crippen MR) is 76.9 cm³/mol. The third kappa shape index (κ3) is 1.71. The minimum Gasteiger partial charge on any atom is -0.465 e. The molecular weight excluding hydrogens is 270 g/mol. The normalized spacial score (nSPS) is 26.8. The molecule has 6 heteroatoms. The van der Waals surface area contributed by atoms with Gasteiger partial charge in [0.2, 0.25) is 0 Å². The fraction of sp³-hybridized carbons (Fsp3) is 0.467. The van der Waals surface area contributed by atoms with E-state index in [0.717, 1.165) is 29.8 Å². The summed E-state index contributed by atoms with van der Waals surface area (Å²) in [5.41, 5.74) is 2.87. The van der Waals surface area contributed by atoms with Gasteiger partial charge in [-0.1, -0.05) is 12.1 Å². The fourth-order valence-electron chi connectivity index (χ4n) is 3.98. The van der Waals surface area contributed by atoms with Gasteiger partial charge in [-0.3, -0.25) is 4.79 Å². The van der Waals surface area contributed by atoms with Crippen LogP contribution in [0.1, 0.15) is 28.3 Å². The van der Waals surface area contributed by atoms with Crippen molar-refractivity contribution in [1.82, 2.24) is 10.2 Å². The summed E-state index contributed by atoms with van der Waals surface area (Å²) < 4.78 is 0. The highest BCUT2D eigenvalue weighted by molar-refractivity contribution is 6.02. The average molecular weight is 287 g/mol. The van der Waals surface area contributed by atoms with Gasteiger partial charge < -0.3 is 20.2 Å². The number of carboxylic acid groups (broad SMARTS) is 1. The number of fused-ring (bicyclic) bond motifs is 3. The molecule has 1 aromatic carbocycles. The van der Waals surface area contributed by atoms with E-state index in [4.69, 9.17) is 0 Å².